The van der Waals surface area contributed by atoms with Gasteiger partial charge >= 0.3 is 5.97 Å². The van der Waals surface area contributed by atoms with Gasteiger partial charge in [-0.05, 0) is 75.3 Å². The molecule has 1 saturated heterocycles. The summed E-state index contributed by atoms with van der Waals surface area (Å²) in [6, 6.07) is 19.1. The maximum absolute atomic E-state index is 14.0. The number of non-ortho nitro benzene ring substituents is 1. The highest BCUT2D eigenvalue weighted by molar-refractivity contribution is 6.29. The largest absolute Gasteiger partial charge is 0.478 e. The van der Waals surface area contributed by atoms with Crippen molar-refractivity contribution in [3.05, 3.63) is 115 Å². The van der Waals surface area contributed by atoms with Gasteiger partial charge in [-0.15, -0.1) is 0 Å². The summed E-state index contributed by atoms with van der Waals surface area (Å²) in [7, 11) is 0. The van der Waals surface area contributed by atoms with Crippen molar-refractivity contribution in [1.82, 2.24) is 5.16 Å². The Bertz CT molecular complexity index is 2350. The lowest BCUT2D eigenvalue weighted by Gasteiger charge is -2.34. The van der Waals surface area contributed by atoms with Crippen molar-refractivity contribution in [2.24, 2.45) is 5.92 Å². The molecule has 5 aromatic rings. The number of aryl methyl sites for hydroxylation is 1. The molecule has 0 bridgehead atoms. The van der Waals surface area contributed by atoms with Gasteiger partial charge in [0.2, 0.25) is 0 Å². The van der Waals surface area contributed by atoms with Crippen LogP contribution in [0.15, 0.2) is 77.3 Å². The van der Waals surface area contributed by atoms with Crippen molar-refractivity contribution < 1.29 is 38.6 Å². The molecule has 56 heavy (non-hydrogen) atoms. The second kappa shape index (κ2) is 16.5. The molecule has 0 amide bonds. The number of benzene rings is 4. The molecule has 2 N–H and O–H groups in total. The molecule has 0 spiro atoms. The van der Waals surface area contributed by atoms with Crippen molar-refractivity contribution >= 4 is 56.9 Å². The Morgan fingerprint density at radius 1 is 0.946 bits per heavy atom. The number of ether oxygens (including phenoxy) is 1. The van der Waals surface area contributed by atoms with E-state index in [2.05, 4.69) is 15.4 Å². The third-order valence-corrected chi connectivity index (χ3v) is 10.4. The van der Waals surface area contributed by atoms with Crippen molar-refractivity contribution in [2.75, 3.05) is 36.5 Å². The van der Waals surface area contributed by atoms with Crippen LogP contribution in [0.25, 0.3) is 22.2 Å². The zero-order valence-corrected chi connectivity index (χ0v) is 30.4. The summed E-state index contributed by atoms with van der Waals surface area (Å²) in [5.74, 6) is -0.821. The second-order valence-corrected chi connectivity index (χ2v) is 14.0. The number of carboxylic acids is 1. The first kappa shape index (κ1) is 37.8. The fourth-order valence-electron chi connectivity index (χ4n) is 7.60. The third-order valence-electron chi connectivity index (χ3n) is 10.4. The predicted octanol–water partition coefficient (Wildman–Crippen LogP) is 8.29. The van der Waals surface area contributed by atoms with E-state index in [1.165, 1.54) is 24.3 Å². The highest BCUT2D eigenvalue weighted by Gasteiger charge is 2.35. The number of carbonyl (C=O) groups is 3. The summed E-state index contributed by atoms with van der Waals surface area (Å²) >= 11 is 0. The number of carbonyl (C=O) groups excluding carboxylic acids is 2. The molecule has 15 nitrogen and oxygen atoms in total. The number of nitro groups is 2. The Balaban J connectivity index is 0.969. The maximum atomic E-state index is 14.0. The monoisotopic (exact) mass is 761 g/mol. The number of hydrogen-bond acceptors (Lipinski definition) is 12. The van der Waals surface area contributed by atoms with E-state index < -0.39 is 15.8 Å². The molecule has 1 fully saturated rings. The van der Waals surface area contributed by atoms with Gasteiger partial charge in [-0.25, -0.2) is 4.79 Å². The summed E-state index contributed by atoms with van der Waals surface area (Å²) in [6.45, 7) is 2.08. The van der Waals surface area contributed by atoms with Crippen LogP contribution in [0.1, 0.15) is 76.8 Å². The van der Waals surface area contributed by atoms with Crippen molar-refractivity contribution in [1.29, 1.82) is 0 Å². The molecular formula is C41H39N5O10. The van der Waals surface area contributed by atoms with E-state index in [0.29, 0.717) is 115 Å². The minimum Gasteiger partial charge on any atom is -0.478 e. The first-order valence-electron chi connectivity index (χ1n) is 18.6. The minimum absolute atomic E-state index is 0.100. The van der Waals surface area contributed by atoms with Gasteiger partial charge in [-0.2, -0.15) is 0 Å². The average molecular weight is 762 g/mol. The van der Waals surface area contributed by atoms with Crippen LogP contribution in [-0.2, 0) is 16.0 Å². The molecule has 1 aliphatic carbocycles. The van der Waals surface area contributed by atoms with E-state index in [1.807, 2.05) is 18.2 Å². The number of ketones is 2. The molecule has 1 aromatic heterocycles. The molecule has 1 aliphatic heterocycles. The number of unbranched alkanes of at least 4 members (excludes halogenated alkanes) is 2. The molecule has 7 rings (SSSR count). The molecule has 0 unspecified atom stereocenters. The molecule has 288 valence electrons. The number of piperidine rings is 1. The van der Waals surface area contributed by atoms with Gasteiger partial charge in [0.05, 0.1) is 43.8 Å². The number of fused-ring (bicyclic) bond motifs is 2. The SMILES string of the molecule is O=C(O)c1cccc(Nc2cc(N3CCC[C@@H](C(=O)CCCCOCCCCc4ccc([N+](=O)[O-])cc4[N+](=O)[O-])C3)c3noc4c3c2C(=O)c2ccccc2-4)c1. The van der Waals surface area contributed by atoms with E-state index in [9.17, 15) is 39.7 Å². The number of hydrogen-bond donors (Lipinski definition) is 2. The van der Waals surface area contributed by atoms with Gasteiger partial charge in [0.25, 0.3) is 11.4 Å². The fraction of sp³-hybridized carbons (Fsp3) is 0.317. The number of aromatic carboxylic acids is 1. The van der Waals surface area contributed by atoms with E-state index >= 15 is 0 Å². The third kappa shape index (κ3) is 7.84. The Morgan fingerprint density at radius 3 is 2.50 bits per heavy atom. The second-order valence-electron chi connectivity index (χ2n) is 14.0. The number of nitro benzene ring substituents is 2. The number of rotatable bonds is 17. The highest BCUT2D eigenvalue weighted by Crippen LogP contribution is 2.47. The van der Waals surface area contributed by atoms with E-state index in [1.54, 1.807) is 24.3 Å². The smallest absolute Gasteiger partial charge is 0.335 e. The van der Waals surface area contributed by atoms with Gasteiger partial charge in [0.15, 0.2) is 11.5 Å². The Morgan fingerprint density at radius 2 is 1.73 bits per heavy atom. The number of nitrogens with one attached hydrogen (secondary N) is 1. The normalized spacial score (nSPS) is 14.8. The number of Topliss-reactive ketones (excluding diaryl/α,β-unsaturated/α-hetero) is 1. The van der Waals surface area contributed by atoms with Crippen molar-refractivity contribution in [3.8, 4) is 11.3 Å². The lowest BCUT2D eigenvalue weighted by Crippen LogP contribution is -2.39. The summed E-state index contributed by atoms with van der Waals surface area (Å²) < 4.78 is 11.7. The van der Waals surface area contributed by atoms with Gasteiger partial charge < -0.3 is 24.6 Å². The zero-order chi connectivity index (χ0) is 39.3. The van der Waals surface area contributed by atoms with Crippen molar-refractivity contribution in [3.63, 3.8) is 0 Å². The van der Waals surface area contributed by atoms with Crippen LogP contribution in [0.5, 0.6) is 0 Å². The van der Waals surface area contributed by atoms with Crippen LogP contribution in [0, 0.1) is 26.1 Å². The molecule has 0 saturated carbocycles. The first-order chi connectivity index (χ1) is 27.1. The van der Waals surface area contributed by atoms with Gasteiger partial charge in [-0.1, -0.05) is 35.5 Å². The van der Waals surface area contributed by atoms with E-state index in [-0.39, 0.29) is 34.4 Å². The molecule has 4 aromatic carbocycles. The van der Waals surface area contributed by atoms with Crippen LogP contribution in [0.4, 0.5) is 28.4 Å². The van der Waals surface area contributed by atoms with E-state index in [0.717, 1.165) is 24.6 Å². The molecule has 15 heteroatoms. The quantitative estimate of drug-likeness (QED) is 0.0510. The molecule has 1 atom stereocenters. The Hall–Kier alpha value is -6.48. The Kier molecular flexibility index (Phi) is 11.1. The van der Waals surface area contributed by atoms with Crippen LogP contribution >= 0.6 is 0 Å². The van der Waals surface area contributed by atoms with Gasteiger partial charge in [-0.3, -0.25) is 29.8 Å². The summed E-state index contributed by atoms with van der Waals surface area (Å²) in [5, 5.41) is 40.3. The topological polar surface area (TPSA) is 208 Å². The van der Waals surface area contributed by atoms with Gasteiger partial charge in [0.1, 0.15) is 11.3 Å². The lowest BCUT2D eigenvalue weighted by atomic mass is 9.85. The summed E-state index contributed by atoms with van der Waals surface area (Å²) in [6.07, 6.45) is 5.01. The molecule has 2 heterocycles. The van der Waals surface area contributed by atoms with Crippen LogP contribution < -0.4 is 10.2 Å². The number of aromatic nitrogens is 1. The standard InChI is InChI=1S/C41H39N5O10/c47-35(15-4-6-20-55-19-5-3-9-25-16-17-29(45(51)52)22-33(25)46(53)54)27-11-8-18-44(24-27)34-23-32(42-28-12-7-10-26(21-28)41(49)50)36-37-38(34)43-56-40(37)31-14-2-1-13-30(31)39(36)48/h1-2,7,10,12-14,16-17,21-23,27,42H,3-6,8-9,11,15,18-20,24H2,(H,49,50)/t27-/m1/s1. The number of anilines is 3. The zero-order valence-electron chi connectivity index (χ0n) is 30.4. The lowest BCUT2D eigenvalue weighted by molar-refractivity contribution is -0.394. The van der Waals surface area contributed by atoms with E-state index in [4.69, 9.17) is 9.26 Å². The highest BCUT2D eigenvalue weighted by atomic mass is 16.6. The first-order valence-corrected chi connectivity index (χ1v) is 18.6. The summed E-state index contributed by atoms with van der Waals surface area (Å²) in [5.41, 5.74) is 3.73. The molecule has 2 aliphatic rings. The van der Waals surface area contributed by atoms with Gasteiger partial charge in [0, 0.05) is 67.1 Å². The molecule has 0 radical (unpaired) electrons. The fourth-order valence-corrected chi connectivity index (χ4v) is 7.60. The minimum atomic E-state index is -1.07. The Labute approximate surface area is 320 Å². The predicted molar refractivity (Wildman–Crippen MR) is 207 cm³/mol. The number of carboxylic acid groups (broad SMARTS) is 1. The average Bonchev–Trinajstić information content (AvgIpc) is 3.64. The molecular weight excluding hydrogens is 722 g/mol. The van der Waals surface area contributed by atoms with Crippen molar-refractivity contribution in [2.45, 2.75) is 51.4 Å². The number of nitrogens with zero attached hydrogens (tertiary/aromatic N) is 4. The maximum Gasteiger partial charge on any atom is 0.335 e. The van der Waals surface area contributed by atoms with Crippen LogP contribution in [0.3, 0.4) is 0 Å². The van der Waals surface area contributed by atoms with Crippen LogP contribution in [0.2, 0.25) is 0 Å². The van der Waals surface area contributed by atoms with Crippen LogP contribution in [-0.4, -0.2) is 63.9 Å². The summed E-state index contributed by atoms with van der Waals surface area (Å²) in [4.78, 5) is 62.4.